The molecule has 3 rings (SSSR count). The summed E-state index contributed by atoms with van der Waals surface area (Å²) in [5.74, 6) is 0.395. The second-order valence-electron chi connectivity index (χ2n) is 4.51. The van der Waals surface area contributed by atoms with Gasteiger partial charge >= 0.3 is 0 Å². The third-order valence-corrected chi connectivity index (χ3v) is 3.50. The molecular weight excluding hydrogens is 246 g/mol. The number of anilines is 1. The fourth-order valence-corrected chi connectivity index (χ4v) is 2.55. The molecule has 1 saturated heterocycles. The second kappa shape index (κ2) is 4.10. The fourth-order valence-electron chi connectivity index (χ4n) is 2.33. The number of carbonyl (C=O) groups is 1. The highest BCUT2D eigenvalue weighted by atomic mass is 32.1. The number of benzene rings is 1. The van der Waals surface area contributed by atoms with Crippen LogP contribution in [-0.4, -0.2) is 22.4 Å². The number of hydrogen-bond acceptors (Lipinski definition) is 2. The molecule has 92 valence electrons. The highest BCUT2D eigenvalue weighted by molar-refractivity contribution is 7.71. The number of H-pyrrole nitrogens is 2. The molecule has 2 N–H and O–H groups in total. The summed E-state index contributed by atoms with van der Waals surface area (Å²) in [6.07, 6.45) is 2.39. The smallest absolute Gasteiger partial charge is 0.227 e. The summed E-state index contributed by atoms with van der Waals surface area (Å²) >= 11 is 5.05. The predicted molar refractivity (Wildman–Crippen MR) is 74.1 cm³/mol. The Labute approximate surface area is 109 Å². The van der Waals surface area contributed by atoms with Gasteiger partial charge in [-0.05, 0) is 30.4 Å². The van der Waals surface area contributed by atoms with Gasteiger partial charge in [-0.15, -0.1) is 6.58 Å². The maximum absolute atomic E-state index is 11.9. The van der Waals surface area contributed by atoms with E-state index in [1.165, 1.54) is 0 Å². The Balaban J connectivity index is 2.01. The van der Waals surface area contributed by atoms with E-state index in [9.17, 15) is 4.79 Å². The molecule has 0 spiro atoms. The molecule has 2 heterocycles. The van der Waals surface area contributed by atoms with E-state index in [1.54, 1.807) is 4.90 Å². The summed E-state index contributed by atoms with van der Waals surface area (Å²) in [6.45, 7) is 4.46. The van der Waals surface area contributed by atoms with Crippen LogP contribution in [0.2, 0.25) is 0 Å². The summed E-state index contributed by atoms with van der Waals surface area (Å²) in [4.78, 5) is 19.8. The van der Waals surface area contributed by atoms with Crippen LogP contribution in [0.1, 0.15) is 6.42 Å². The van der Waals surface area contributed by atoms with Crippen molar-refractivity contribution < 1.29 is 4.79 Å². The number of nitrogens with zero attached hydrogens (tertiary/aromatic N) is 1. The van der Waals surface area contributed by atoms with E-state index < -0.39 is 0 Å². The number of imidazole rings is 1. The van der Waals surface area contributed by atoms with Gasteiger partial charge in [-0.3, -0.25) is 4.79 Å². The van der Waals surface area contributed by atoms with Crippen molar-refractivity contribution in [3.05, 3.63) is 35.6 Å². The average molecular weight is 259 g/mol. The molecule has 1 aliphatic heterocycles. The molecule has 0 bridgehead atoms. The van der Waals surface area contributed by atoms with Gasteiger partial charge in [0.1, 0.15) is 0 Å². The van der Waals surface area contributed by atoms with Crippen LogP contribution in [0.4, 0.5) is 5.69 Å². The van der Waals surface area contributed by atoms with E-state index in [0.717, 1.165) is 16.7 Å². The first-order chi connectivity index (χ1) is 8.67. The van der Waals surface area contributed by atoms with Crippen LogP contribution >= 0.6 is 12.2 Å². The van der Waals surface area contributed by atoms with Crippen LogP contribution in [0.5, 0.6) is 0 Å². The molecule has 0 radical (unpaired) electrons. The zero-order valence-electron chi connectivity index (χ0n) is 9.77. The maximum atomic E-state index is 11.9. The minimum absolute atomic E-state index is 0.147. The quantitative estimate of drug-likeness (QED) is 0.643. The monoisotopic (exact) mass is 259 g/mol. The van der Waals surface area contributed by atoms with Crippen LogP contribution in [0.3, 0.4) is 0 Å². The van der Waals surface area contributed by atoms with Gasteiger partial charge in [-0.25, -0.2) is 0 Å². The van der Waals surface area contributed by atoms with Gasteiger partial charge in [0.25, 0.3) is 0 Å². The molecule has 4 nitrogen and oxygen atoms in total. The number of aromatic amines is 2. The lowest BCUT2D eigenvalue weighted by atomic mass is 10.1. The lowest BCUT2D eigenvalue weighted by Crippen LogP contribution is -2.24. The third-order valence-electron chi connectivity index (χ3n) is 3.30. The fraction of sp³-hybridized carbons (Fsp3) is 0.231. The lowest BCUT2D eigenvalue weighted by molar-refractivity contribution is -0.117. The molecular formula is C13H13N3OS. The van der Waals surface area contributed by atoms with E-state index in [4.69, 9.17) is 12.2 Å². The predicted octanol–water partition coefficient (Wildman–Crippen LogP) is 2.76. The number of aromatic nitrogens is 2. The van der Waals surface area contributed by atoms with Crippen LogP contribution in [-0.2, 0) is 4.79 Å². The summed E-state index contributed by atoms with van der Waals surface area (Å²) < 4.78 is 0.596. The highest BCUT2D eigenvalue weighted by Gasteiger charge is 2.28. The van der Waals surface area contributed by atoms with Gasteiger partial charge in [-0.2, -0.15) is 0 Å². The van der Waals surface area contributed by atoms with Gasteiger partial charge in [0, 0.05) is 24.6 Å². The number of carbonyl (C=O) groups excluding carboxylic acids is 1. The van der Waals surface area contributed by atoms with Crippen molar-refractivity contribution in [3.8, 4) is 0 Å². The molecule has 1 fully saturated rings. The molecule has 1 aromatic carbocycles. The Morgan fingerprint density at radius 1 is 1.39 bits per heavy atom. The molecule has 1 atom stereocenters. The molecule has 1 aromatic heterocycles. The van der Waals surface area contributed by atoms with E-state index in [0.29, 0.717) is 17.7 Å². The van der Waals surface area contributed by atoms with Crippen molar-refractivity contribution in [2.75, 3.05) is 11.4 Å². The molecule has 1 aliphatic rings. The molecule has 0 saturated carbocycles. The summed E-state index contributed by atoms with van der Waals surface area (Å²) in [7, 11) is 0. The second-order valence-corrected chi connectivity index (χ2v) is 4.92. The number of fused-ring (bicyclic) bond motifs is 1. The standard InChI is InChI=1S/C13H13N3OS/c1-2-8-5-12(17)16(7-8)9-3-4-10-11(6-9)15-13(18)14-10/h2-4,6,8H,1,5,7H2,(H2,14,15,18). The zero-order chi connectivity index (χ0) is 12.7. The van der Waals surface area contributed by atoms with E-state index in [-0.39, 0.29) is 11.8 Å². The van der Waals surface area contributed by atoms with Gasteiger partial charge < -0.3 is 14.9 Å². The Morgan fingerprint density at radius 3 is 2.89 bits per heavy atom. The maximum Gasteiger partial charge on any atom is 0.227 e. The van der Waals surface area contributed by atoms with E-state index >= 15 is 0 Å². The van der Waals surface area contributed by atoms with Crippen LogP contribution in [0.15, 0.2) is 30.9 Å². The Hall–Kier alpha value is -1.88. The summed E-state index contributed by atoms with van der Waals surface area (Å²) in [5, 5.41) is 0. The van der Waals surface area contributed by atoms with Gasteiger partial charge in [0.15, 0.2) is 4.77 Å². The first kappa shape index (κ1) is 11.2. The SMILES string of the molecule is C=CC1CC(=O)N(c2ccc3[nH]c(=S)[nH]c3c2)C1. The van der Waals surface area contributed by atoms with Crippen LogP contribution < -0.4 is 4.90 Å². The topological polar surface area (TPSA) is 51.9 Å². The van der Waals surface area contributed by atoms with Gasteiger partial charge in [0.05, 0.1) is 11.0 Å². The average Bonchev–Trinajstić information content (AvgIpc) is 2.89. The van der Waals surface area contributed by atoms with E-state index in [1.807, 2.05) is 24.3 Å². The number of hydrogen-bond donors (Lipinski definition) is 2. The normalized spacial score (nSPS) is 19.7. The number of rotatable bonds is 2. The van der Waals surface area contributed by atoms with Crippen LogP contribution in [0, 0.1) is 10.7 Å². The molecule has 0 aliphatic carbocycles. The zero-order valence-corrected chi connectivity index (χ0v) is 10.6. The highest BCUT2D eigenvalue weighted by Crippen LogP contribution is 2.27. The van der Waals surface area contributed by atoms with Crippen molar-refractivity contribution in [2.24, 2.45) is 5.92 Å². The molecule has 5 heteroatoms. The molecule has 2 aromatic rings. The molecule has 1 amide bonds. The Kier molecular flexibility index (Phi) is 2.56. The van der Waals surface area contributed by atoms with Crippen molar-refractivity contribution in [1.82, 2.24) is 9.97 Å². The minimum atomic E-state index is 0.147. The number of amides is 1. The lowest BCUT2D eigenvalue weighted by Gasteiger charge is -2.16. The Bertz CT molecular complexity index is 685. The van der Waals surface area contributed by atoms with Gasteiger partial charge in [0.2, 0.25) is 5.91 Å². The van der Waals surface area contributed by atoms with Crippen molar-refractivity contribution in [1.29, 1.82) is 0 Å². The molecule has 18 heavy (non-hydrogen) atoms. The van der Waals surface area contributed by atoms with Crippen molar-refractivity contribution in [2.45, 2.75) is 6.42 Å². The number of nitrogens with one attached hydrogen (secondary N) is 2. The largest absolute Gasteiger partial charge is 0.331 e. The third kappa shape index (κ3) is 1.76. The Morgan fingerprint density at radius 2 is 2.17 bits per heavy atom. The first-order valence-electron chi connectivity index (χ1n) is 5.82. The summed E-state index contributed by atoms with van der Waals surface area (Å²) in [5.41, 5.74) is 2.78. The van der Waals surface area contributed by atoms with Crippen molar-refractivity contribution >= 4 is 34.8 Å². The first-order valence-corrected chi connectivity index (χ1v) is 6.23. The minimum Gasteiger partial charge on any atom is -0.331 e. The molecule has 1 unspecified atom stereocenters. The van der Waals surface area contributed by atoms with Gasteiger partial charge in [-0.1, -0.05) is 6.08 Å². The van der Waals surface area contributed by atoms with Crippen LogP contribution in [0.25, 0.3) is 11.0 Å². The summed E-state index contributed by atoms with van der Waals surface area (Å²) in [6, 6.07) is 5.82. The van der Waals surface area contributed by atoms with E-state index in [2.05, 4.69) is 16.5 Å². The van der Waals surface area contributed by atoms with Crippen molar-refractivity contribution in [3.63, 3.8) is 0 Å².